The van der Waals surface area contributed by atoms with E-state index in [-0.39, 0.29) is 17.4 Å². The van der Waals surface area contributed by atoms with E-state index in [2.05, 4.69) is 15.3 Å². The molecule has 1 aromatic rings. The average molecular weight is 273 g/mol. The number of anilines is 1. The van der Waals surface area contributed by atoms with Gasteiger partial charge in [0, 0.05) is 18.5 Å². The molecule has 18 heavy (non-hydrogen) atoms. The van der Waals surface area contributed by atoms with Gasteiger partial charge in [-0.15, -0.1) is 0 Å². The Morgan fingerprint density at radius 2 is 2.11 bits per heavy atom. The van der Waals surface area contributed by atoms with Gasteiger partial charge in [-0.2, -0.15) is 0 Å². The van der Waals surface area contributed by atoms with Crippen molar-refractivity contribution in [3.05, 3.63) is 17.5 Å². The van der Waals surface area contributed by atoms with Gasteiger partial charge < -0.3 is 10.4 Å². The maximum atomic E-state index is 10.9. The molecule has 0 saturated heterocycles. The maximum absolute atomic E-state index is 10.9. The fourth-order valence-corrected chi connectivity index (χ4v) is 1.96. The summed E-state index contributed by atoms with van der Waals surface area (Å²) < 4.78 is 21.8. The quantitative estimate of drug-likeness (QED) is 0.719. The Hall–Kier alpha value is -1.70. The lowest BCUT2D eigenvalue weighted by Gasteiger charge is -2.06. The molecule has 0 atom stereocenters. The van der Waals surface area contributed by atoms with Gasteiger partial charge in [0.2, 0.25) is 5.95 Å². The molecule has 100 valence electrons. The highest BCUT2D eigenvalue weighted by Crippen LogP contribution is 2.05. The first-order valence-corrected chi connectivity index (χ1v) is 7.34. The van der Waals surface area contributed by atoms with Crippen LogP contribution in [0.4, 0.5) is 5.95 Å². The Morgan fingerprint density at radius 3 is 2.67 bits per heavy atom. The molecule has 1 rings (SSSR count). The van der Waals surface area contributed by atoms with Crippen LogP contribution in [-0.2, 0) is 9.84 Å². The molecule has 0 radical (unpaired) electrons. The zero-order valence-electron chi connectivity index (χ0n) is 10.2. The van der Waals surface area contributed by atoms with E-state index in [0.717, 1.165) is 0 Å². The van der Waals surface area contributed by atoms with E-state index >= 15 is 0 Å². The summed E-state index contributed by atoms with van der Waals surface area (Å²) in [5, 5.41) is 11.6. The van der Waals surface area contributed by atoms with E-state index in [1.165, 1.54) is 12.3 Å². The third kappa shape index (κ3) is 5.09. The van der Waals surface area contributed by atoms with Gasteiger partial charge in [-0.1, -0.05) is 0 Å². The number of nitrogens with zero attached hydrogens (tertiary/aromatic N) is 2. The SMILES string of the molecule is Cc1cc(C(=O)O)nc(NCCCS(C)(=O)=O)n1. The summed E-state index contributed by atoms with van der Waals surface area (Å²) in [6.07, 6.45) is 1.58. The number of carbonyl (C=O) groups is 1. The largest absolute Gasteiger partial charge is 0.477 e. The number of carboxylic acids is 1. The van der Waals surface area contributed by atoms with Gasteiger partial charge in [0.1, 0.15) is 9.84 Å². The molecule has 2 N–H and O–H groups in total. The lowest BCUT2D eigenvalue weighted by Crippen LogP contribution is -2.13. The molecule has 7 nitrogen and oxygen atoms in total. The number of aromatic carboxylic acids is 1. The Kier molecular flexibility index (Phi) is 4.60. The zero-order valence-corrected chi connectivity index (χ0v) is 11.0. The van der Waals surface area contributed by atoms with Crippen molar-refractivity contribution in [1.29, 1.82) is 0 Å². The van der Waals surface area contributed by atoms with Crippen molar-refractivity contribution in [1.82, 2.24) is 9.97 Å². The fraction of sp³-hybridized carbons (Fsp3) is 0.500. The van der Waals surface area contributed by atoms with Gasteiger partial charge in [-0.3, -0.25) is 0 Å². The van der Waals surface area contributed by atoms with Gasteiger partial charge in [0.15, 0.2) is 5.69 Å². The van der Waals surface area contributed by atoms with Gasteiger partial charge in [-0.05, 0) is 19.4 Å². The molecule has 0 unspecified atom stereocenters. The lowest BCUT2D eigenvalue weighted by atomic mass is 10.3. The molecule has 0 spiro atoms. The molecule has 0 bridgehead atoms. The van der Waals surface area contributed by atoms with Crippen LogP contribution in [-0.4, -0.2) is 48.0 Å². The molecule has 8 heteroatoms. The second kappa shape index (κ2) is 5.76. The predicted molar refractivity (Wildman–Crippen MR) is 66.5 cm³/mol. The first-order chi connectivity index (χ1) is 8.28. The molecule has 0 aliphatic carbocycles. The number of hydrogen-bond donors (Lipinski definition) is 2. The highest BCUT2D eigenvalue weighted by Gasteiger charge is 2.08. The first kappa shape index (κ1) is 14.4. The van der Waals surface area contributed by atoms with E-state index in [0.29, 0.717) is 18.7 Å². The van der Waals surface area contributed by atoms with Gasteiger partial charge in [0.05, 0.1) is 5.75 Å². The number of hydrogen-bond acceptors (Lipinski definition) is 6. The summed E-state index contributed by atoms with van der Waals surface area (Å²) >= 11 is 0. The van der Waals surface area contributed by atoms with Crippen LogP contribution in [0.2, 0.25) is 0 Å². The smallest absolute Gasteiger partial charge is 0.354 e. The van der Waals surface area contributed by atoms with Crippen LogP contribution in [0.1, 0.15) is 22.6 Å². The van der Waals surface area contributed by atoms with Crippen molar-refractivity contribution in [3.63, 3.8) is 0 Å². The third-order valence-corrected chi connectivity index (χ3v) is 3.08. The minimum atomic E-state index is -2.98. The van der Waals surface area contributed by atoms with Crippen molar-refractivity contribution >= 4 is 21.8 Å². The Labute approximate surface area is 105 Å². The van der Waals surface area contributed by atoms with Gasteiger partial charge >= 0.3 is 5.97 Å². The van der Waals surface area contributed by atoms with Gasteiger partial charge in [0.25, 0.3) is 0 Å². The van der Waals surface area contributed by atoms with E-state index in [4.69, 9.17) is 5.11 Å². The van der Waals surface area contributed by atoms with Crippen LogP contribution in [0.3, 0.4) is 0 Å². The summed E-state index contributed by atoms with van der Waals surface area (Å²) in [6.45, 7) is 2.03. The summed E-state index contributed by atoms with van der Waals surface area (Å²) in [5.74, 6) is -0.863. The average Bonchev–Trinajstić information content (AvgIpc) is 2.22. The molecular formula is C10H15N3O4S. The van der Waals surface area contributed by atoms with Crippen molar-refractivity contribution in [2.75, 3.05) is 23.9 Å². The van der Waals surface area contributed by atoms with E-state index < -0.39 is 15.8 Å². The Morgan fingerprint density at radius 1 is 1.44 bits per heavy atom. The molecule has 0 aliphatic heterocycles. The van der Waals surface area contributed by atoms with Crippen LogP contribution >= 0.6 is 0 Å². The highest BCUT2D eigenvalue weighted by atomic mass is 32.2. The molecule has 1 heterocycles. The van der Waals surface area contributed by atoms with Crippen LogP contribution < -0.4 is 5.32 Å². The third-order valence-electron chi connectivity index (χ3n) is 2.05. The van der Waals surface area contributed by atoms with E-state index in [1.807, 2.05) is 0 Å². The monoisotopic (exact) mass is 273 g/mol. The minimum Gasteiger partial charge on any atom is -0.477 e. The normalized spacial score (nSPS) is 11.2. The number of aromatic nitrogens is 2. The fourth-order valence-electron chi connectivity index (χ4n) is 1.29. The molecular weight excluding hydrogens is 258 g/mol. The predicted octanol–water partition coefficient (Wildman–Crippen LogP) is 0.330. The van der Waals surface area contributed by atoms with Crippen molar-refractivity contribution in [3.8, 4) is 0 Å². The van der Waals surface area contributed by atoms with Crippen molar-refractivity contribution < 1.29 is 18.3 Å². The minimum absolute atomic E-state index is 0.0671. The summed E-state index contributed by atoms with van der Waals surface area (Å²) in [4.78, 5) is 18.6. The number of rotatable bonds is 6. The maximum Gasteiger partial charge on any atom is 0.354 e. The van der Waals surface area contributed by atoms with Crippen LogP contribution in [0.25, 0.3) is 0 Å². The number of aryl methyl sites for hydroxylation is 1. The second-order valence-corrected chi connectivity index (χ2v) is 6.19. The second-order valence-electron chi connectivity index (χ2n) is 3.93. The van der Waals surface area contributed by atoms with Gasteiger partial charge in [-0.25, -0.2) is 23.2 Å². The lowest BCUT2D eigenvalue weighted by molar-refractivity contribution is 0.0690. The zero-order chi connectivity index (χ0) is 13.8. The molecule has 0 aliphatic rings. The Balaban J connectivity index is 2.60. The molecule has 0 aromatic carbocycles. The van der Waals surface area contributed by atoms with E-state index in [1.54, 1.807) is 6.92 Å². The summed E-state index contributed by atoms with van der Waals surface area (Å²) in [7, 11) is -2.98. The van der Waals surface area contributed by atoms with E-state index in [9.17, 15) is 13.2 Å². The number of nitrogens with one attached hydrogen (secondary N) is 1. The number of carboxylic acid groups (broad SMARTS) is 1. The van der Waals surface area contributed by atoms with Crippen LogP contribution in [0, 0.1) is 6.92 Å². The first-order valence-electron chi connectivity index (χ1n) is 5.28. The molecule has 0 saturated carbocycles. The molecule has 0 amide bonds. The van der Waals surface area contributed by atoms with Crippen molar-refractivity contribution in [2.45, 2.75) is 13.3 Å². The van der Waals surface area contributed by atoms with Crippen LogP contribution in [0.5, 0.6) is 0 Å². The standard InChI is InChI=1S/C10H15N3O4S/c1-7-6-8(9(14)15)13-10(12-7)11-4-3-5-18(2,16)17/h6H,3-5H2,1-2H3,(H,14,15)(H,11,12,13). The number of sulfone groups is 1. The highest BCUT2D eigenvalue weighted by molar-refractivity contribution is 7.90. The Bertz CT molecular complexity index is 542. The topological polar surface area (TPSA) is 109 Å². The molecule has 0 fully saturated rings. The summed E-state index contributed by atoms with van der Waals surface area (Å²) in [5.41, 5.74) is 0.445. The summed E-state index contributed by atoms with van der Waals surface area (Å²) in [6, 6.07) is 1.37. The van der Waals surface area contributed by atoms with Crippen molar-refractivity contribution in [2.24, 2.45) is 0 Å². The molecule has 1 aromatic heterocycles. The van der Waals surface area contributed by atoms with Crippen LogP contribution in [0.15, 0.2) is 6.07 Å².